The van der Waals surface area contributed by atoms with Crippen molar-refractivity contribution in [3.05, 3.63) is 0 Å². The first-order chi connectivity index (χ1) is 5.52. The second-order valence-electron chi connectivity index (χ2n) is 2.33. The topological polar surface area (TPSA) is 63.7 Å². The maximum atomic E-state index is 11.0. The number of thiol groups is 1. The molecule has 1 fully saturated rings. The van der Waals surface area contributed by atoms with Crippen molar-refractivity contribution in [2.24, 2.45) is 0 Å². The van der Waals surface area contributed by atoms with E-state index in [0.29, 0.717) is 5.06 Å². The summed E-state index contributed by atoms with van der Waals surface area (Å²) in [6.45, 7) is 1.12. The van der Waals surface area contributed by atoms with Crippen molar-refractivity contribution < 1.29 is 19.2 Å². The molecule has 66 valence electrons. The first kappa shape index (κ1) is 9.05. The molecule has 0 aliphatic carbocycles. The Hall–Kier alpha value is -1.04. The minimum Gasteiger partial charge on any atom is -0.331 e. The summed E-state index contributed by atoms with van der Waals surface area (Å²) >= 11 is 3.82. The molecule has 12 heavy (non-hydrogen) atoms. The lowest BCUT2D eigenvalue weighted by Crippen LogP contribution is -2.32. The molecule has 6 heteroatoms. The van der Waals surface area contributed by atoms with Crippen LogP contribution in [-0.4, -0.2) is 28.1 Å². The molecule has 1 rings (SSSR count). The summed E-state index contributed by atoms with van der Waals surface area (Å²) in [5, 5.41) is -0.225. The fourth-order valence-corrected chi connectivity index (χ4v) is 1.08. The quantitative estimate of drug-likeness (QED) is 0.447. The summed E-state index contributed by atoms with van der Waals surface area (Å²) in [4.78, 5) is 36.7. The molecule has 1 atom stereocenters. The first-order valence-electron chi connectivity index (χ1n) is 3.25. The van der Waals surface area contributed by atoms with Crippen molar-refractivity contribution in [3.8, 4) is 0 Å². The third-order valence-electron chi connectivity index (χ3n) is 1.30. The van der Waals surface area contributed by atoms with Crippen molar-refractivity contribution in [2.75, 3.05) is 0 Å². The van der Waals surface area contributed by atoms with E-state index in [9.17, 15) is 14.4 Å². The van der Waals surface area contributed by atoms with Crippen LogP contribution in [0.5, 0.6) is 0 Å². The van der Waals surface area contributed by atoms with Crippen molar-refractivity contribution >= 4 is 30.4 Å². The zero-order valence-electron chi connectivity index (χ0n) is 6.31. The van der Waals surface area contributed by atoms with E-state index in [1.54, 1.807) is 0 Å². The Morgan fingerprint density at radius 1 is 1.67 bits per heavy atom. The summed E-state index contributed by atoms with van der Waals surface area (Å²) in [6, 6.07) is 0. The molecule has 0 aromatic rings. The number of hydrogen-bond donors (Lipinski definition) is 1. The molecule has 0 bridgehead atoms. The van der Waals surface area contributed by atoms with Gasteiger partial charge in [0.25, 0.3) is 11.8 Å². The predicted molar refractivity (Wildman–Crippen MR) is 41.0 cm³/mol. The summed E-state index contributed by atoms with van der Waals surface area (Å²) in [5.41, 5.74) is 0. The Bertz CT molecular complexity index is 252. The van der Waals surface area contributed by atoms with Gasteiger partial charge in [0.15, 0.2) is 0 Å². The van der Waals surface area contributed by atoms with Gasteiger partial charge in [0.1, 0.15) is 0 Å². The molecule has 0 N–H and O–H groups in total. The summed E-state index contributed by atoms with van der Waals surface area (Å²) in [7, 11) is 0. The smallest absolute Gasteiger partial charge is 0.330 e. The second kappa shape index (κ2) is 3.14. The number of carbonyl (C=O) groups is 3. The lowest BCUT2D eigenvalue weighted by molar-refractivity contribution is -0.195. The van der Waals surface area contributed by atoms with E-state index < -0.39 is 23.0 Å². The van der Waals surface area contributed by atoms with Crippen molar-refractivity contribution in [1.29, 1.82) is 0 Å². The maximum absolute atomic E-state index is 11.0. The van der Waals surface area contributed by atoms with Gasteiger partial charge in [-0.25, -0.2) is 4.79 Å². The number of nitrogens with zero attached hydrogens (tertiary/aromatic N) is 1. The van der Waals surface area contributed by atoms with Crippen molar-refractivity contribution in [3.63, 3.8) is 0 Å². The Kier molecular flexibility index (Phi) is 2.37. The van der Waals surface area contributed by atoms with Gasteiger partial charge in [-0.15, -0.1) is 5.06 Å². The van der Waals surface area contributed by atoms with Crippen LogP contribution in [-0.2, 0) is 19.2 Å². The molecule has 1 heterocycles. The van der Waals surface area contributed by atoms with E-state index in [0.717, 1.165) is 6.92 Å². The molecule has 1 aliphatic heterocycles. The SMILES string of the molecule is CC(=O)ON1C(=O)CC(S)C1=O. The predicted octanol–water partition coefficient (Wildman–Crippen LogP) is -0.478. The van der Waals surface area contributed by atoms with E-state index in [1.807, 2.05) is 0 Å². The highest BCUT2D eigenvalue weighted by molar-refractivity contribution is 7.81. The largest absolute Gasteiger partial charge is 0.331 e. The van der Waals surface area contributed by atoms with Gasteiger partial charge in [0.05, 0.1) is 11.7 Å². The van der Waals surface area contributed by atoms with Crippen molar-refractivity contribution in [2.45, 2.75) is 18.6 Å². The molecule has 0 radical (unpaired) electrons. The highest BCUT2D eigenvalue weighted by Crippen LogP contribution is 2.17. The van der Waals surface area contributed by atoms with Gasteiger partial charge < -0.3 is 4.84 Å². The molecular weight excluding hydrogens is 182 g/mol. The second-order valence-corrected chi connectivity index (χ2v) is 2.95. The lowest BCUT2D eigenvalue weighted by atomic mass is 10.4. The molecule has 0 saturated carbocycles. The average Bonchev–Trinajstić information content (AvgIpc) is 2.16. The molecule has 1 unspecified atom stereocenters. The minimum absolute atomic E-state index is 0.0186. The molecule has 0 aromatic heterocycles. The molecule has 2 amide bonds. The van der Waals surface area contributed by atoms with E-state index in [-0.39, 0.29) is 6.42 Å². The van der Waals surface area contributed by atoms with Crippen LogP contribution < -0.4 is 0 Å². The Morgan fingerprint density at radius 2 is 2.25 bits per heavy atom. The third kappa shape index (κ3) is 1.58. The molecule has 0 spiro atoms. The number of hydrogen-bond acceptors (Lipinski definition) is 5. The fourth-order valence-electron chi connectivity index (χ4n) is 0.818. The monoisotopic (exact) mass is 189 g/mol. The van der Waals surface area contributed by atoms with E-state index in [4.69, 9.17) is 0 Å². The van der Waals surface area contributed by atoms with Gasteiger partial charge in [0.2, 0.25) is 0 Å². The molecule has 5 nitrogen and oxygen atoms in total. The number of hydroxylamine groups is 2. The van der Waals surface area contributed by atoms with Gasteiger partial charge in [-0.05, 0) is 0 Å². The van der Waals surface area contributed by atoms with Gasteiger partial charge in [0, 0.05) is 6.92 Å². The summed E-state index contributed by atoms with van der Waals surface area (Å²) in [6.07, 6.45) is -0.0186. The van der Waals surface area contributed by atoms with Gasteiger partial charge >= 0.3 is 5.97 Å². The van der Waals surface area contributed by atoms with Crippen LogP contribution in [0.3, 0.4) is 0 Å². The van der Waals surface area contributed by atoms with Crippen LogP contribution >= 0.6 is 12.6 Å². The van der Waals surface area contributed by atoms with Crippen LogP contribution in [0, 0.1) is 0 Å². The van der Waals surface area contributed by atoms with Gasteiger partial charge in [-0.1, -0.05) is 0 Å². The van der Waals surface area contributed by atoms with E-state index >= 15 is 0 Å². The highest BCUT2D eigenvalue weighted by atomic mass is 32.1. The Labute approximate surface area is 74.0 Å². The van der Waals surface area contributed by atoms with Crippen LogP contribution in [0.1, 0.15) is 13.3 Å². The van der Waals surface area contributed by atoms with Gasteiger partial charge in [-0.2, -0.15) is 12.6 Å². The molecule has 1 saturated heterocycles. The standard InChI is InChI=1S/C6H7NO4S/c1-3(8)11-7-5(9)2-4(12)6(7)10/h4,12H,2H2,1H3. The third-order valence-corrected chi connectivity index (χ3v) is 1.70. The number of amides is 2. The number of imide groups is 1. The Balaban J connectivity index is 2.70. The summed E-state index contributed by atoms with van der Waals surface area (Å²) in [5.74, 6) is -1.81. The molecule has 0 aromatic carbocycles. The molecule has 1 aliphatic rings. The minimum atomic E-state index is -0.695. The van der Waals surface area contributed by atoms with Crippen LogP contribution in [0.25, 0.3) is 0 Å². The number of rotatable bonds is 1. The zero-order chi connectivity index (χ0) is 9.30. The Morgan fingerprint density at radius 3 is 2.58 bits per heavy atom. The van der Waals surface area contributed by atoms with Crippen LogP contribution in [0.4, 0.5) is 0 Å². The van der Waals surface area contributed by atoms with Crippen LogP contribution in [0.15, 0.2) is 0 Å². The number of carbonyl (C=O) groups excluding carboxylic acids is 3. The normalized spacial score (nSPS) is 23.2. The summed E-state index contributed by atoms with van der Waals surface area (Å²) < 4.78 is 0. The fraction of sp³-hybridized carbons (Fsp3) is 0.500. The van der Waals surface area contributed by atoms with E-state index in [1.165, 1.54) is 0 Å². The van der Waals surface area contributed by atoms with E-state index in [2.05, 4.69) is 17.5 Å². The van der Waals surface area contributed by atoms with Crippen LogP contribution in [0.2, 0.25) is 0 Å². The van der Waals surface area contributed by atoms with Crippen molar-refractivity contribution in [1.82, 2.24) is 5.06 Å². The first-order valence-corrected chi connectivity index (χ1v) is 3.77. The highest BCUT2D eigenvalue weighted by Gasteiger charge is 2.39. The average molecular weight is 189 g/mol. The molecular formula is C6H7NO4S. The maximum Gasteiger partial charge on any atom is 0.330 e. The zero-order valence-corrected chi connectivity index (χ0v) is 7.21. The van der Waals surface area contributed by atoms with Gasteiger partial charge in [-0.3, -0.25) is 9.59 Å². The lowest BCUT2D eigenvalue weighted by Gasteiger charge is -2.10.